The molecule has 0 aliphatic carbocycles. The maximum absolute atomic E-state index is 13.0. The van der Waals surface area contributed by atoms with Crippen LogP contribution >= 0.6 is 11.8 Å². The van der Waals surface area contributed by atoms with E-state index in [0.29, 0.717) is 11.3 Å². The van der Waals surface area contributed by atoms with Crippen molar-refractivity contribution in [2.45, 2.75) is 10.6 Å². The molecule has 2 nitrogen and oxygen atoms in total. The first-order valence-electron chi connectivity index (χ1n) is 5.59. The molecule has 2 aromatic rings. The van der Waals surface area contributed by atoms with Gasteiger partial charge in [-0.05, 0) is 47.4 Å². The maximum Gasteiger partial charge on any atom is 0.488 e. The van der Waals surface area contributed by atoms with Crippen molar-refractivity contribution >= 4 is 24.3 Å². The largest absolute Gasteiger partial charge is 0.488 e. The van der Waals surface area contributed by atoms with Crippen LogP contribution in [-0.4, -0.2) is 17.2 Å². The summed E-state index contributed by atoms with van der Waals surface area (Å²) >= 11 is 1.41. The lowest BCUT2D eigenvalue weighted by molar-refractivity contribution is 0.425. The van der Waals surface area contributed by atoms with Gasteiger partial charge in [-0.15, -0.1) is 11.8 Å². The molecule has 0 radical (unpaired) electrons. The molecule has 0 saturated carbocycles. The van der Waals surface area contributed by atoms with E-state index in [-0.39, 0.29) is 11.3 Å². The molecule has 2 aromatic carbocycles. The van der Waals surface area contributed by atoms with Gasteiger partial charge in [0, 0.05) is 10.6 Å². The second kappa shape index (κ2) is 6.19. The molecule has 0 aromatic heterocycles. The van der Waals surface area contributed by atoms with Crippen molar-refractivity contribution in [1.29, 1.82) is 0 Å². The van der Waals surface area contributed by atoms with E-state index in [2.05, 4.69) is 0 Å². The quantitative estimate of drug-likeness (QED) is 0.664. The zero-order chi connectivity index (χ0) is 13.8. The summed E-state index contributed by atoms with van der Waals surface area (Å²) in [6.07, 6.45) is 0. The van der Waals surface area contributed by atoms with E-state index in [9.17, 15) is 18.8 Å². The van der Waals surface area contributed by atoms with Gasteiger partial charge in [0.1, 0.15) is 11.6 Å². The van der Waals surface area contributed by atoms with Crippen molar-refractivity contribution in [3.8, 4) is 0 Å². The summed E-state index contributed by atoms with van der Waals surface area (Å²) in [4.78, 5) is 0.851. The zero-order valence-electron chi connectivity index (χ0n) is 9.88. The molecule has 0 saturated heterocycles. The fourth-order valence-corrected chi connectivity index (χ4v) is 2.54. The van der Waals surface area contributed by atoms with E-state index < -0.39 is 12.9 Å². The minimum Gasteiger partial charge on any atom is -0.423 e. The Labute approximate surface area is 114 Å². The van der Waals surface area contributed by atoms with Gasteiger partial charge in [0.25, 0.3) is 0 Å². The van der Waals surface area contributed by atoms with Crippen molar-refractivity contribution in [3.05, 3.63) is 59.7 Å². The van der Waals surface area contributed by atoms with Gasteiger partial charge < -0.3 is 10.0 Å². The van der Waals surface area contributed by atoms with Crippen LogP contribution in [0.25, 0.3) is 0 Å². The lowest BCUT2D eigenvalue weighted by atomic mass is 9.77. The van der Waals surface area contributed by atoms with Gasteiger partial charge >= 0.3 is 7.12 Å². The van der Waals surface area contributed by atoms with E-state index in [1.54, 1.807) is 12.1 Å². The molecule has 0 aliphatic rings. The number of hydrogen-bond acceptors (Lipinski definition) is 3. The van der Waals surface area contributed by atoms with Crippen molar-refractivity contribution in [2.75, 3.05) is 0 Å². The molecule has 19 heavy (non-hydrogen) atoms. The molecule has 2 N–H and O–H groups in total. The smallest absolute Gasteiger partial charge is 0.423 e. The molecule has 6 heteroatoms. The molecule has 98 valence electrons. The Morgan fingerprint density at radius 2 is 1.58 bits per heavy atom. The summed E-state index contributed by atoms with van der Waals surface area (Å²) in [6, 6.07) is 9.87. The summed E-state index contributed by atoms with van der Waals surface area (Å²) in [6.45, 7) is 0. The second-order valence-corrected chi connectivity index (χ2v) is 5.01. The molecular formula is C13H11BF2O2S. The Morgan fingerprint density at radius 3 is 2.21 bits per heavy atom. The first kappa shape index (κ1) is 14.1. The Morgan fingerprint density at radius 1 is 0.947 bits per heavy atom. The molecule has 0 amide bonds. The standard InChI is InChI=1S/C13H11BF2O2S/c15-10-3-5-12(6-4-10)19-8-9-1-2-11(16)7-13(9)14(17)18/h1-7,17-18H,8H2. The minimum atomic E-state index is -1.71. The monoisotopic (exact) mass is 280 g/mol. The Hall–Kier alpha value is -1.37. The predicted octanol–water partition coefficient (Wildman–Crippen LogP) is 1.94. The number of hydrogen-bond donors (Lipinski definition) is 2. The number of benzene rings is 2. The normalized spacial score (nSPS) is 10.5. The highest BCUT2D eigenvalue weighted by molar-refractivity contribution is 7.98. The van der Waals surface area contributed by atoms with Crippen LogP contribution in [0.5, 0.6) is 0 Å². The highest BCUT2D eigenvalue weighted by Gasteiger charge is 2.16. The maximum atomic E-state index is 13.0. The van der Waals surface area contributed by atoms with Gasteiger partial charge in [-0.2, -0.15) is 0 Å². The molecule has 0 unspecified atom stereocenters. The molecule has 2 rings (SSSR count). The fraction of sp³-hybridized carbons (Fsp3) is 0.0769. The van der Waals surface area contributed by atoms with Gasteiger partial charge in [0.2, 0.25) is 0 Å². The SMILES string of the molecule is OB(O)c1cc(F)ccc1CSc1ccc(F)cc1. The minimum absolute atomic E-state index is 0.148. The van der Waals surface area contributed by atoms with E-state index in [1.165, 1.54) is 36.0 Å². The van der Waals surface area contributed by atoms with Crippen LogP contribution in [0.2, 0.25) is 0 Å². The first-order chi connectivity index (χ1) is 9.06. The molecule has 0 aliphatic heterocycles. The Bertz CT molecular complexity index is 561. The van der Waals surface area contributed by atoms with Crippen molar-refractivity contribution in [2.24, 2.45) is 0 Å². The highest BCUT2D eigenvalue weighted by Crippen LogP contribution is 2.22. The van der Waals surface area contributed by atoms with Crippen LogP contribution in [0.3, 0.4) is 0 Å². The number of halogens is 2. The molecular weight excluding hydrogens is 269 g/mol. The molecule has 0 bridgehead atoms. The molecule has 0 atom stereocenters. The number of rotatable bonds is 4. The average molecular weight is 280 g/mol. The van der Waals surface area contributed by atoms with Crippen molar-refractivity contribution in [1.82, 2.24) is 0 Å². The van der Waals surface area contributed by atoms with Gasteiger partial charge in [0.15, 0.2) is 0 Å². The van der Waals surface area contributed by atoms with Crippen LogP contribution in [0, 0.1) is 11.6 Å². The van der Waals surface area contributed by atoms with Crippen molar-refractivity contribution in [3.63, 3.8) is 0 Å². The van der Waals surface area contributed by atoms with Gasteiger partial charge in [-0.3, -0.25) is 0 Å². The van der Waals surface area contributed by atoms with Gasteiger partial charge in [0.05, 0.1) is 0 Å². The highest BCUT2D eigenvalue weighted by atomic mass is 32.2. The Balaban J connectivity index is 2.13. The van der Waals surface area contributed by atoms with E-state index in [0.717, 1.165) is 11.0 Å². The van der Waals surface area contributed by atoms with Gasteiger partial charge in [-0.25, -0.2) is 8.78 Å². The third-order valence-electron chi connectivity index (χ3n) is 2.59. The van der Waals surface area contributed by atoms with E-state index in [4.69, 9.17) is 0 Å². The third-order valence-corrected chi connectivity index (χ3v) is 3.65. The summed E-state index contributed by atoms with van der Waals surface area (Å²) < 4.78 is 25.8. The second-order valence-electron chi connectivity index (χ2n) is 3.96. The van der Waals surface area contributed by atoms with Crippen LogP contribution in [0.1, 0.15) is 5.56 Å². The molecule has 0 heterocycles. The van der Waals surface area contributed by atoms with E-state index >= 15 is 0 Å². The van der Waals surface area contributed by atoms with E-state index in [1.807, 2.05) is 0 Å². The lowest BCUT2D eigenvalue weighted by Crippen LogP contribution is -2.33. The van der Waals surface area contributed by atoms with Crippen molar-refractivity contribution < 1.29 is 18.8 Å². The van der Waals surface area contributed by atoms with Crippen LogP contribution in [0.15, 0.2) is 47.4 Å². The fourth-order valence-electron chi connectivity index (χ4n) is 1.63. The zero-order valence-corrected chi connectivity index (χ0v) is 10.7. The van der Waals surface area contributed by atoms with Crippen LogP contribution in [-0.2, 0) is 5.75 Å². The Kier molecular flexibility index (Phi) is 4.58. The summed E-state index contributed by atoms with van der Waals surface area (Å²) in [5, 5.41) is 18.4. The first-order valence-corrected chi connectivity index (χ1v) is 6.57. The topological polar surface area (TPSA) is 40.5 Å². The summed E-state index contributed by atoms with van der Waals surface area (Å²) in [5.74, 6) is -0.380. The summed E-state index contributed by atoms with van der Waals surface area (Å²) in [7, 11) is -1.71. The molecule has 0 spiro atoms. The average Bonchev–Trinajstić information content (AvgIpc) is 2.39. The van der Waals surface area contributed by atoms with Gasteiger partial charge in [-0.1, -0.05) is 6.07 Å². The third kappa shape index (κ3) is 3.80. The predicted molar refractivity (Wildman–Crippen MR) is 72.2 cm³/mol. The van der Waals surface area contributed by atoms with Crippen LogP contribution < -0.4 is 5.46 Å². The lowest BCUT2D eigenvalue weighted by Gasteiger charge is -2.09. The molecule has 0 fully saturated rings. The van der Waals surface area contributed by atoms with Crippen LogP contribution in [0.4, 0.5) is 8.78 Å². The summed E-state index contributed by atoms with van der Waals surface area (Å²) in [5.41, 5.74) is 0.778. The number of thioether (sulfide) groups is 1.